The van der Waals surface area contributed by atoms with Crippen molar-refractivity contribution in [3.63, 3.8) is 0 Å². The van der Waals surface area contributed by atoms with Crippen molar-refractivity contribution in [2.24, 2.45) is 5.73 Å². The van der Waals surface area contributed by atoms with Gasteiger partial charge in [-0.05, 0) is 36.5 Å². The van der Waals surface area contributed by atoms with Gasteiger partial charge in [-0.15, -0.1) is 0 Å². The van der Waals surface area contributed by atoms with Gasteiger partial charge in [-0.2, -0.15) is 0 Å². The van der Waals surface area contributed by atoms with Crippen LogP contribution in [0.2, 0.25) is 0 Å². The average molecular weight is 398 g/mol. The Balaban J connectivity index is 1.32. The maximum atomic E-state index is 13.0. The molecular formula is C21H26N4O4. The van der Waals surface area contributed by atoms with Crippen molar-refractivity contribution in [3.8, 4) is 0 Å². The number of fused-ring (bicyclic) bond motifs is 3. The van der Waals surface area contributed by atoms with Gasteiger partial charge in [0, 0.05) is 50.8 Å². The number of ether oxygens (including phenoxy) is 1. The maximum absolute atomic E-state index is 13.0. The number of carbonyl (C=O) groups is 3. The normalized spacial score (nSPS) is 31.9. The highest BCUT2D eigenvalue weighted by atomic mass is 16.5. The first-order valence-electron chi connectivity index (χ1n) is 10.3. The van der Waals surface area contributed by atoms with Crippen molar-refractivity contribution in [3.05, 3.63) is 34.9 Å². The van der Waals surface area contributed by atoms with E-state index < -0.39 is 6.04 Å². The van der Waals surface area contributed by atoms with Gasteiger partial charge in [0.2, 0.25) is 11.8 Å². The Morgan fingerprint density at radius 3 is 2.86 bits per heavy atom. The number of hydrogen-bond acceptors (Lipinski definition) is 6. The molecule has 2 bridgehead atoms. The summed E-state index contributed by atoms with van der Waals surface area (Å²) in [5.74, 6) is -0.773. The molecule has 0 saturated carbocycles. The lowest BCUT2D eigenvalue weighted by molar-refractivity contribution is -0.136. The fraction of sp³-hybridized carbons (Fsp3) is 0.571. The molecule has 154 valence electrons. The van der Waals surface area contributed by atoms with Crippen molar-refractivity contribution in [2.45, 2.75) is 56.5 Å². The number of hydrogen-bond donors (Lipinski definition) is 2. The maximum Gasteiger partial charge on any atom is 0.255 e. The van der Waals surface area contributed by atoms with Crippen LogP contribution < -0.4 is 11.1 Å². The van der Waals surface area contributed by atoms with Crippen molar-refractivity contribution in [1.29, 1.82) is 0 Å². The van der Waals surface area contributed by atoms with Crippen molar-refractivity contribution >= 4 is 17.7 Å². The minimum Gasteiger partial charge on any atom is -0.372 e. The van der Waals surface area contributed by atoms with E-state index in [1.807, 2.05) is 12.1 Å². The Kier molecular flexibility index (Phi) is 4.45. The van der Waals surface area contributed by atoms with Crippen LogP contribution in [0, 0.1) is 0 Å². The van der Waals surface area contributed by atoms with E-state index in [1.165, 1.54) is 0 Å². The summed E-state index contributed by atoms with van der Waals surface area (Å²) < 4.78 is 5.97. The lowest BCUT2D eigenvalue weighted by atomic mass is 9.96. The Hall–Kier alpha value is -2.29. The summed E-state index contributed by atoms with van der Waals surface area (Å²) in [5, 5.41) is 2.34. The Morgan fingerprint density at radius 2 is 2.10 bits per heavy atom. The van der Waals surface area contributed by atoms with Gasteiger partial charge >= 0.3 is 0 Å². The van der Waals surface area contributed by atoms with E-state index >= 15 is 0 Å². The third-order valence-corrected chi connectivity index (χ3v) is 6.82. The van der Waals surface area contributed by atoms with Gasteiger partial charge in [-0.1, -0.05) is 12.1 Å². The highest BCUT2D eigenvalue weighted by molar-refractivity contribution is 6.05. The molecule has 3 unspecified atom stereocenters. The molecule has 4 heterocycles. The largest absolute Gasteiger partial charge is 0.372 e. The molecule has 4 aliphatic heterocycles. The molecule has 1 aromatic carbocycles. The van der Waals surface area contributed by atoms with Crippen LogP contribution >= 0.6 is 0 Å². The first-order valence-corrected chi connectivity index (χ1v) is 10.3. The first-order chi connectivity index (χ1) is 14.0. The van der Waals surface area contributed by atoms with E-state index in [4.69, 9.17) is 10.5 Å². The van der Waals surface area contributed by atoms with E-state index in [2.05, 4.69) is 16.3 Å². The van der Waals surface area contributed by atoms with Crippen LogP contribution in [0.15, 0.2) is 18.2 Å². The van der Waals surface area contributed by atoms with Gasteiger partial charge in [0.1, 0.15) is 6.04 Å². The number of amides is 3. The van der Waals surface area contributed by atoms with Crippen molar-refractivity contribution in [2.75, 3.05) is 19.7 Å². The predicted octanol–water partition coefficient (Wildman–Crippen LogP) is 0.140. The molecule has 0 aromatic heterocycles. The molecule has 3 N–H and O–H groups in total. The highest BCUT2D eigenvalue weighted by Gasteiger charge is 2.47. The first kappa shape index (κ1) is 18.7. The molecule has 3 fully saturated rings. The third kappa shape index (κ3) is 3.15. The number of carbonyl (C=O) groups excluding carboxylic acids is 3. The van der Waals surface area contributed by atoms with Gasteiger partial charge in [-0.25, -0.2) is 0 Å². The quantitative estimate of drug-likeness (QED) is 0.699. The van der Waals surface area contributed by atoms with Gasteiger partial charge in [-0.3, -0.25) is 24.6 Å². The predicted molar refractivity (Wildman–Crippen MR) is 104 cm³/mol. The lowest BCUT2D eigenvalue weighted by Crippen LogP contribution is -2.52. The molecule has 29 heavy (non-hydrogen) atoms. The lowest BCUT2D eigenvalue weighted by Gasteiger charge is -2.30. The van der Waals surface area contributed by atoms with Crippen LogP contribution in [-0.4, -0.2) is 64.9 Å². The number of nitrogens with one attached hydrogen (secondary N) is 1. The molecule has 3 atom stereocenters. The number of nitrogens with two attached hydrogens (primary N) is 1. The zero-order valence-electron chi connectivity index (χ0n) is 16.4. The summed E-state index contributed by atoms with van der Waals surface area (Å²) in [6, 6.07) is 5.91. The molecule has 1 aromatic rings. The van der Waals surface area contributed by atoms with Crippen molar-refractivity contribution < 1.29 is 19.1 Å². The van der Waals surface area contributed by atoms with Crippen LogP contribution in [0.25, 0.3) is 0 Å². The summed E-state index contributed by atoms with van der Waals surface area (Å²) in [5.41, 5.74) is 8.44. The standard InChI is InChI=1S/C21H26N4O4/c22-11-21-8-15(5-6-29-21)24(12-21)9-13-1-2-14-10-25(20(28)16(14)7-13)17-3-4-18(26)23-19(17)27/h1-2,7,15,17H,3-6,8-12,22H2,(H,23,26,27). The van der Waals surface area contributed by atoms with Gasteiger partial charge in [0.05, 0.1) is 5.60 Å². The fourth-order valence-corrected chi connectivity index (χ4v) is 5.25. The molecule has 4 aliphatic rings. The summed E-state index contributed by atoms with van der Waals surface area (Å²) in [6.07, 6.45) is 2.63. The fourth-order valence-electron chi connectivity index (χ4n) is 5.25. The van der Waals surface area contributed by atoms with Crippen LogP contribution in [-0.2, 0) is 27.4 Å². The second-order valence-corrected chi connectivity index (χ2v) is 8.68. The Labute approximate surface area is 169 Å². The summed E-state index contributed by atoms with van der Waals surface area (Å²) in [7, 11) is 0. The molecule has 3 saturated heterocycles. The molecule has 0 radical (unpaired) electrons. The number of rotatable bonds is 4. The summed E-state index contributed by atoms with van der Waals surface area (Å²) >= 11 is 0. The minimum atomic E-state index is -0.574. The number of likely N-dealkylation sites (tertiary alicyclic amines) is 1. The van der Waals surface area contributed by atoms with Crippen LogP contribution in [0.1, 0.15) is 47.2 Å². The zero-order valence-corrected chi connectivity index (χ0v) is 16.4. The molecule has 0 spiro atoms. The Morgan fingerprint density at radius 1 is 1.24 bits per heavy atom. The van der Waals surface area contributed by atoms with E-state index in [0.717, 1.165) is 43.7 Å². The smallest absolute Gasteiger partial charge is 0.255 e. The topological polar surface area (TPSA) is 105 Å². The molecule has 8 heteroatoms. The van der Waals surface area contributed by atoms with Crippen LogP contribution in [0.3, 0.4) is 0 Å². The summed E-state index contributed by atoms with van der Waals surface area (Å²) in [4.78, 5) is 40.6. The van der Waals surface area contributed by atoms with Gasteiger partial charge in [0.25, 0.3) is 5.91 Å². The van der Waals surface area contributed by atoms with E-state index in [-0.39, 0.29) is 29.7 Å². The molecular weight excluding hydrogens is 372 g/mol. The second kappa shape index (κ2) is 6.90. The minimum absolute atomic E-state index is 0.127. The SMILES string of the molecule is NCC12CC(CCO1)N(Cc1ccc3c(c1)C(=O)N(C1CCC(=O)NC1=O)C3)C2. The zero-order chi connectivity index (χ0) is 20.2. The summed E-state index contributed by atoms with van der Waals surface area (Å²) in [6.45, 7) is 3.28. The number of piperidine rings is 1. The monoisotopic (exact) mass is 398 g/mol. The second-order valence-electron chi connectivity index (χ2n) is 8.68. The number of benzene rings is 1. The number of imide groups is 1. The van der Waals surface area contributed by atoms with E-state index in [1.54, 1.807) is 4.90 Å². The van der Waals surface area contributed by atoms with Gasteiger partial charge in [0.15, 0.2) is 0 Å². The number of nitrogens with zero attached hydrogens (tertiary/aromatic N) is 2. The van der Waals surface area contributed by atoms with Crippen LogP contribution in [0.5, 0.6) is 0 Å². The molecule has 5 rings (SSSR count). The third-order valence-electron chi connectivity index (χ3n) is 6.82. The Bertz CT molecular complexity index is 887. The van der Waals surface area contributed by atoms with Crippen molar-refractivity contribution in [1.82, 2.24) is 15.1 Å². The van der Waals surface area contributed by atoms with Crippen LogP contribution in [0.4, 0.5) is 0 Å². The van der Waals surface area contributed by atoms with Gasteiger partial charge < -0.3 is 15.4 Å². The van der Waals surface area contributed by atoms with E-state index in [9.17, 15) is 14.4 Å². The molecule has 0 aliphatic carbocycles. The molecule has 3 amide bonds. The molecule has 8 nitrogen and oxygen atoms in total. The van der Waals surface area contributed by atoms with E-state index in [0.29, 0.717) is 31.1 Å². The average Bonchev–Trinajstić information content (AvgIpc) is 3.16. The highest BCUT2D eigenvalue weighted by Crippen LogP contribution is 2.37.